The van der Waals surface area contributed by atoms with Crippen LogP contribution >= 0.6 is 0 Å². The molecule has 4 atom stereocenters. The molecule has 1 saturated heterocycles. The van der Waals surface area contributed by atoms with Gasteiger partial charge in [0.25, 0.3) is 11.8 Å². The summed E-state index contributed by atoms with van der Waals surface area (Å²) in [5, 5.41) is 17.3. The van der Waals surface area contributed by atoms with Gasteiger partial charge in [-0.3, -0.25) is 9.59 Å². The van der Waals surface area contributed by atoms with Crippen LogP contribution in [-0.4, -0.2) is 28.1 Å². The van der Waals surface area contributed by atoms with Gasteiger partial charge in [0.05, 0.1) is 18.1 Å². The average Bonchev–Trinajstić information content (AvgIpc) is 3.28. The van der Waals surface area contributed by atoms with Gasteiger partial charge in [-0.25, -0.2) is 0 Å². The molecule has 2 amide bonds. The Hall–Kier alpha value is -2.95. The lowest BCUT2D eigenvalue weighted by Gasteiger charge is -2.18. The molecule has 1 N–H and O–H groups in total. The number of fused-ring (bicyclic) bond motifs is 4. The first-order valence-corrected chi connectivity index (χ1v) is 9.43. The van der Waals surface area contributed by atoms with Gasteiger partial charge < -0.3 is 5.11 Å². The van der Waals surface area contributed by atoms with Gasteiger partial charge in [0.15, 0.2) is 0 Å². The second kappa shape index (κ2) is 4.85. The minimum absolute atomic E-state index is 0.0791. The lowest BCUT2D eigenvalue weighted by Crippen LogP contribution is -2.30. The zero-order valence-electron chi connectivity index (χ0n) is 14.6. The van der Waals surface area contributed by atoms with Crippen LogP contribution in [0.25, 0.3) is 10.8 Å². The number of phenols is 1. The monoisotopic (exact) mass is 358 g/mol. The zero-order chi connectivity index (χ0) is 18.3. The van der Waals surface area contributed by atoms with Crippen molar-refractivity contribution in [3.63, 3.8) is 0 Å². The first-order chi connectivity index (χ1) is 13.1. The Kier molecular flexibility index (Phi) is 2.72. The lowest BCUT2D eigenvalue weighted by molar-refractivity contribution is -0.141. The number of rotatable bonds is 2. The standard InChI is InChI=1S/C22H18N2O3/c25-17-8-5-12-3-1-2-4-13(12)14(17)11-23-24-20(26)18-15-6-7-16(19(18)21(24)27)22(15)9-10-22/h1-8,11,15-16,18-19,25H,9-10H2/b23-11-/t15-,16-,18-,19-/m1/s1. The molecule has 0 aromatic heterocycles. The number of hydrogen-bond acceptors (Lipinski definition) is 4. The summed E-state index contributed by atoms with van der Waals surface area (Å²) in [6.07, 6.45) is 7.98. The Labute approximate surface area is 156 Å². The zero-order valence-corrected chi connectivity index (χ0v) is 14.6. The van der Waals surface area contributed by atoms with Gasteiger partial charge in [-0.05, 0) is 46.9 Å². The predicted octanol–water partition coefficient (Wildman–Crippen LogP) is 3.08. The molecule has 0 radical (unpaired) electrons. The molecule has 6 rings (SSSR count). The van der Waals surface area contributed by atoms with E-state index in [1.54, 1.807) is 6.07 Å². The number of carbonyl (C=O) groups excluding carboxylic acids is 2. The molecule has 0 unspecified atom stereocenters. The minimum atomic E-state index is -0.256. The van der Waals surface area contributed by atoms with E-state index in [-0.39, 0.29) is 46.7 Å². The van der Waals surface area contributed by atoms with Crippen molar-refractivity contribution in [2.24, 2.45) is 34.2 Å². The molecule has 3 aliphatic carbocycles. The maximum absolute atomic E-state index is 13.0. The molecule has 3 fully saturated rings. The van der Waals surface area contributed by atoms with Crippen LogP contribution in [0.2, 0.25) is 0 Å². The van der Waals surface area contributed by atoms with Gasteiger partial charge in [-0.1, -0.05) is 42.5 Å². The molecule has 134 valence electrons. The maximum Gasteiger partial charge on any atom is 0.254 e. The first-order valence-electron chi connectivity index (χ1n) is 9.43. The van der Waals surface area contributed by atoms with E-state index in [1.165, 1.54) is 6.21 Å². The fraction of sp³-hybridized carbons (Fsp3) is 0.318. The van der Waals surface area contributed by atoms with Crippen molar-refractivity contribution in [2.75, 3.05) is 0 Å². The third kappa shape index (κ3) is 1.77. The quantitative estimate of drug-likeness (QED) is 0.510. The van der Waals surface area contributed by atoms with E-state index >= 15 is 0 Å². The molecule has 2 aromatic rings. The lowest BCUT2D eigenvalue weighted by atomic mass is 9.85. The smallest absolute Gasteiger partial charge is 0.254 e. The van der Waals surface area contributed by atoms with E-state index in [4.69, 9.17) is 0 Å². The Morgan fingerprint density at radius 1 is 1.00 bits per heavy atom. The van der Waals surface area contributed by atoms with Gasteiger partial charge in [0.2, 0.25) is 0 Å². The topological polar surface area (TPSA) is 70.0 Å². The SMILES string of the molecule is O=C1[C@H]2[C@H](C(=O)N1/N=C\c1c(O)ccc3ccccc13)[C@H]1C=C[C@H]2C12CC2. The second-order valence-electron chi connectivity index (χ2n) is 8.17. The van der Waals surface area contributed by atoms with Crippen LogP contribution < -0.4 is 0 Å². The molecule has 4 aliphatic rings. The van der Waals surface area contributed by atoms with Gasteiger partial charge in [0.1, 0.15) is 5.75 Å². The van der Waals surface area contributed by atoms with Crippen molar-refractivity contribution < 1.29 is 14.7 Å². The number of amides is 2. The molecular formula is C22H18N2O3. The highest BCUT2D eigenvalue weighted by Crippen LogP contribution is 2.73. The van der Waals surface area contributed by atoms with Crippen LogP contribution in [0.3, 0.4) is 0 Å². The fourth-order valence-corrected chi connectivity index (χ4v) is 5.71. The van der Waals surface area contributed by atoms with Crippen LogP contribution in [-0.2, 0) is 9.59 Å². The van der Waals surface area contributed by atoms with Gasteiger partial charge in [-0.15, -0.1) is 0 Å². The molecule has 1 spiro atoms. The number of carbonyl (C=O) groups is 2. The largest absolute Gasteiger partial charge is 0.507 e. The van der Waals surface area contributed by atoms with Crippen LogP contribution in [0, 0.1) is 29.1 Å². The molecule has 1 aliphatic heterocycles. The van der Waals surface area contributed by atoms with Crippen LogP contribution in [0.4, 0.5) is 0 Å². The minimum Gasteiger partial charge on any atom is -0.507 e. The van der Waals surface area contributed by atoms with Gasteiger partial charge in [0, 0.05) is 5.56 Å². The summed E-state index contributed by atoms with van der Waals surface area (Å²) in [6, 6.07) is 11.1. The summed E-state index contributed by atoms with van der Waals surface area (Å²) in [4.78, 5) is 25.9. The third-order valence-corrected chi connectivity index (χ3v) is 7.08. The molecule has 2 saturated carbocycles. The number of nitrogens with zero attached hydrogens (tertiary/aromatic N) is 2. The summed E-state index contributed by atoms with van der Waals surface area (Å²) >= 11 is 0. The molecule has 2 bridgehead atoms. The summed E-state index contributed by atoms with van der Waals surface area (Å²) < 4.78 is 0. The number of hydrazone groups is 1. The Bertz CT molecular complexity index is 1050. The summed E-state index contributed by atoms with van der Waals surface area (Å²) in [5.74, 6) is -0.435. The highest BCUT2D eigenvalue weighted by Gasteiger charge is 2.73. The van der Waals surface area contributed by atoms with E-state index in [0.29, 0.717) is 5.56 Å². The Morgan fingerprint density at radius 3 is 2.33 bits per heavy atom. The number of benzene rings is 2. The molecule has 1 heterocycles. The average molecular weight is 358 g/mol. The van der Waals surface area contributed by atoms with E-state index in [0.717, 1.165) is 28.6 Å². The Balaban J connectivity index is 1.37. The van der Waals surface area contributed by atoms with Crippen LogP contribution in [0.5, 0.6) is 5.75 Å². The van der Waals surface area contributed by atoms with Gasteiger partial charge in [-0.2, -0.15) is 10.1 Å². The van der Waals surface area contributed by atoms with Crippen molar-refractivity contribution >= 4 is 28.8 Å². The van der Waals surface area contributed by atoms with Crippen molar-refractivity contribution in [1.29, 1.82) is 0 Å². The van der Waals surface area contributed by atoms with Gasteiger partial charge >= 0.3 is 0 Å². The summed E-state index contributed by atoms with van der Waals surface area (Å²) in [5.41, 5.74) is 0.704. The molecule has 27 heavy (non-hydrogen) atoms. The van der Waals surface area contributed by atoms with Crippen LogP contribution in [0.1, 0.15) is 18.4 Å². The summed E-state index contributed by atoms with van der Waals surface area (Å²) in [6.45, 7) is 0. The number of imide groups is 1. The van der Waals surface area contributed by atoms with Crippen molar-refractivity contribution in [3.8, 4) is 5.75 Å². The first kappa shape index (κ1) is 15.1. The van der Waals surface area contributed by atoms with E-state index in [2.05, 4.69) is 17.3 Å². The number of aromatic hydroxyl groups is 1. The van der Waals surface area contributed by atoms with E-state index in [1.807, 2.05) is 30.3 Å². The maximum atomic E-state index is 13.0. The number of allylic oxidation sites excluding steroid dienone is 2. The highest BCUT2D eigenvalue weighted by atomic mass is 16.3. The molecule has 2 aromatic carbocycles. The number of hydrogen-bond donors (Lipinski definition) is 1. The predicted molar refractivity (Wildman–Crippen MR) is 99.8 cm³/mol. The van der Waals surface area contributed by atoms with Crippen molar-refractivity contribution in [3.05, 3.63) is 54.1 Å². The molecule has 5 nitrogen and oxygen atoms in total. The van der Waals surface area contributed by atoms with E-state index in [9.17, 15) is 14.7 Å². The van der Waals surface area contributed by atoms with E-state index < -0.39 is 0 Å². The number of phenolic OH excluding ortho intramolecular Hbond substituents is 1. The normalized spacial score (nSPS) is 32.4. The fourth-order valence-electron chi connectivity index (χ4n) is 5.71. The molecule has 5 heteroatoms. The Morgan fingerprint density at radius 2 is 1.67 bits per heavy atom. The third-order valence-electron chi connectivity index (χ3n) is 7.08. The van der Waals surface area contributed by atoms with Crippen LogP contribution in [0.15, 0.2) is 53.7 Å². The highest BCUT2D eigenvalue weighted by molar-refractivity contribution is 6.08. The second-order valence-corrected chi connectivity index (χ2v) is 8.17. The molecular weight excluding hydrogens is 340 g/mol. The van der Waals surface area contributed by atoms with Crippen molar-refractivity contribution in [1.82, 2.24) is 5.01 Å². The summed E-state index contributed by atoms with van der Waals surface area (Å²) in [7, 11) is 0. The van der Waals surface area contributed by atoms with Crippen molar-refractivity contribution in [2.45, 2.75) is 12.8 Å².